The van der Waals surface area contributed by atoms with Gasteiger partial charge in [0.05, 0.1) is 12.5 Å². The second-order valence-electron chi connectivity index (χ2n) is 23.0. The Morgan fingerprint density at radius 2 is 0.775 bits per heavy atom. The number of esters is 5. The highest BCUT2D eigenvalue weighted by atomic mass is 16.7. The topological polar surface area (TPSA) is 153 Å². The number of ether oxygens (including phenoxy) is 7. The molecule has 0 radical (unpaired) electrons. The molecule has 1 aliphatic rings. The maximum Gasteiger partial charge on any atom is 0.306 e. The van der Waals surface area contributed by atoms with Gasteiger partial charge in [-0.3, -0.25) is 24.0 Å². The minimum atomic E-state index is -0.477. The van der Waals surface area contributed by atoms with Crippen LogP contribution in [0.4, 0.5) is 0 Å². The van der Waals surface area contributed by atoms with Gasteiger partial charge in [-0.1, -0.05) is 169 Å². The number of carbonyl (C=O) groups is 5. The molecule has 2 unspecified atom stereocenters. The fraction of sp³-hybridized carbons (Fsp3) is 0.836. The van der Waals surface area contributed by atoms with Crippen molar-refractivity contribution in [3.8, 4) is 0 Å². The van der Waals surface area contributed by atoms with Gasteiger partial charge in [0.2, 0.25) is 0 Å². The second-order valence-corrected chi connectivity index (χ2v) is 23.0. The Balaban J connectivity index is 1.98. The predicted molar refractivity (Wildman–Crippen MR) is 321 cm³/mol. The van der Waals surface area contributed by atoms with Crippen LogP contribution in [-0.2, 0) is 77.0 Å². The van der Waals surface area contributed by atoms with Crippen LogP contribution < -0.4 is 0 Å². The highest BCUT2D eigenvalue weighted by molar-refractivity contribution is 5.71. The van der Waals surface area contributed by atoms with Gasteiger partial charge in [0, 0.05) is 45.3 Å². The number of nitrogens with zero attached hydrogens (tertiary/aromatic N) is 1. The van der Waals surface area contributed by atoms with Crippen LogP contribution in [0.15, 0.2) is 18.2 Å². The summed E-state index contributed by atoms with van der Waals surface area (Å²) in [4.78, 5) is 67.2. The molecule has 1 aromatic rings. The lowest BCUT2D eigenvalue weighted by atomic mass is 10.0. The van der Waals surface area contributed by atoms with E-state index in [1.165, 1.54) is 103 Å². The summed E-state index contributed by atoms with van der Waals surface area (Å²) in [5.74, 6) is -1.40. The van der Waals surface area contributed by atoms with Gasteiger partial charge in [-0.25, -0.2) is 0 Å². The van der Waals surface area contributed by atoms with Crippen molar-refractivity contribution in [3.05, 3.63) is 34.9 Å². The molecule has 1 aliphatic heterocycles. The van der Waals surface area contributed by atoms with Crippen LogP contribution in [0.1, 0.15) is 308 Å². The number of hydrogen-bond acceptors (Lipinski definition) is 13. The van der Waals surface area contributed by atoms with Crippen molar-refractivity contribution < 1.29 is 57.1 Å². The fourth-order valence-corrected chi connectivity index (χ4v) is 10.3. The van der Waals surface area contributed by atoms with Crippen molar-refractivity contribution >= 4 is 29.8 Å². The van der Waals surface area contributed by atoms with Crippen molar-refractivity contribution in [2.24, 2.45) is 0 Å². The average molecular weight is 1130 g/mol. The quantitative estimate of drug-likeness (QED) is 0.0263. The number of hydrogen-bond donors (Lipinski definition) is 0. The lowest BCUT2D eigenvalue weighted by Gasteiger charge is -2.19. The Kier molecular flexibility index (Phi) is 46.4. The molecule has 0 saturated carbocycles. The molecule has 0 amide bonds. The Labute approximate surface area is 487 Å². The van der Waals surface area contributed by atoms with Crippen molar-refractivity contribution in [1.82, 2.24) is 4.90 Å². The third kappa shape index (κ3) is 42.3. The molecule has 2 atom stereocenters. The van der Waals surface area contributed by atoms with Crippen molar-refractivity contribution in [2.75, 3.05) is 32.8 Å². The summed E-state index contributed by atoms with van der Waals surface area (Å²) in [6, 6.07) is 5.55. The summed E-state index contributed by atoms with van der Waals surface area (Å²) in [7, 11) is 0. The molecule has 1 heterocycles. The molecule has 80 heavy (non-hydrogen) atoms. The van der Waals surface area contributed by atoms with E-state index in [4.69, 9.17) is 33.2 Å². The predicted octanol–water partition coefficient (Wildman–Crippen LogP) is 17.0. The maximum absolute atomic E-state index is 13.3. The van der Waals surface area contributed by atoms with E-state index in [0.29, 0.717) is 68.4 Å². The van der Waals surface area contributed by atoms with Crippen LogP contribution >= 0.6 is 0 Å². The normalized spacial score (nSPS) is 13.4. The van der Waals surface area contributed by atoms with E-state index in [-0.39, 0.29) is 75.2 Å². The summed E-state index contributed by atoms with van der Waals surface area (Å²) >= 11 is 0. The zero-order chi connectivity index (χ0) is 57.9. The molecule has 13 heteroatoms. The first-order chi connectivity index (χ1) is 39.0. The van der Waals surface area contributed by atoms with Gasteiger partial charge in [-0.2, -0.15) is 0 Å². The van der Waals surface area contributed by atoms with Gasteiger partial charge < -0.3 is 38.1 Å². The highest BCUT2D eigenvalue weighted by Crippen LogP contribution is 2.21. The number of benzene rings is 1. The van der Waals surface area contributed by atoms with Gasteiger partial charge in [0.15, 0.2) is 6.29 Å². The molecular formula is C67H117NO12. The lowest BCUT2D eigenvalue weighted by Crippen LogP contribution is -2.23. The summed E-state index contributed by atoms with van der Waals surface area (Å²) in [6.45, 7) is 15.1. The van der Waals surface area contributed by atoms with E-state index >= 15 is 0 Å². The van der Waals surface area contributed by atoms with Crippen LogP contribution in [0, 0.1) is 0 Å². The number of unbranched alkanes of at least 4 members (excludes halogenated alkanes) is 23. The minimum absolute atomic E-state index is 0.0113. The molecule has 0 spiro atoms. The highest BCUT2D eigenvalue weighted by Gasteiger charge is 2.20. The summed E-state index contributed by atoms with van der Waals surface area (Å²) < 4.78 is 41.3. The Bertz CT molecular complexity index is 1680. The fourth-order valence-electron chi connectivity index (χ4n) is 10.3. The van der Waals surface area contributed by atoms with Gasteiger partial charge in [0.25, 0.3) is 0 Å². The molecule has 0 aromatic heterocycles. The van der Waals surface area contributed by atoms with E-state index < -0.39 is 12.3 Å². The first-order valence-corrected chi connectivity index (χ1v) is 33.0. The zero-order valence-electron chi connectivity index (χ0n) is 51.8. The molecule has 0 aliphatic carbocycles. The number of carbonyl (C=O) groups excluding carboxylic acids is 5. The summed E-state index contributed by atoms with van der Waals surface area (Å²) in [5, 5.41) is 0. The lowest BCUT2D eigenvalue weighted by molar-refractivity contribution is -0.160. The van der Waals surface area contributed by atoms with Crippen molar-refractivity contribution in [3.63, 3.8) is 0 Å². The zero-order valence-corrected chi connectivity index (χ0v) is 51.8. The van der Waals surface area contributed by atoms with E-state index in [1.54, 1.807) is 0 Å². The van der Waals surface area contributed by atoms with Gasteiger partial charge in [-0.05, 0) is 138 Å². The van der Waals surface area contributed by atoms with Crippen LogP contribution in [0.5, 0.6) is 0 Å². The van der Waals surface area contributed by atoms with Gasteiger partial charge in [-0.15, -0.1) is 0 Å². The van der Waals surface area contributed by atoms with Crippen LogP contribution in [0.3, 0.4) is 0 Å². The third-order valence-electron chi connectivity index (χ3n) is 15.2. The van der Waals surface area contributed by atoms with E-state index in [1.807, 2.05) is 25.1 Å². The van der Waals surface area contributed by atoms with Gasteiger partial charge in [0.1, 0.15) is 25.9 Å². The van der Waals surface area contributed by atoms with Crippen molar-refractivity contribution in [1.29, 1.82) is 0 Å². The van der Waals surface area contributed by atoms with Crippen molar-refractivity contribution in [2.45, 2.75) is 330 Å². The molecule has 1 saturated heterocycles. The standard InChI is InChI=1S/C67H117NO12/c1-6-10-14-18-21-23-28-37-57(5)79-65(72)40-31-25-22-24-30-39-62(69)76-54-58-51-59(55-77-63(70)43-42-61(38-29-17-13-9-4)80-66(73)41-36-48-68-46-32-33-47-68)53-60(52-58)56-78-64(71)44-45-67(74-49-34-26-19-15-11-7-2)75-50-35-27-20-16-12-8-3/h51-53,57,61,67H,6-50,54-56H2,1-5H3. The summed E-state index contributed by atoms with van der Waals surface area (Å²) in [6.07, 6.45) is 37.0. The van der Waals surface area contributed by atoms with Crippen LogP contribution in [-0.4, -0.2) is 86.1 Å². The molecular weight excluding hydrogens is 1010 g/mol. The Morgan fingerprint density at radius 3 is 1.27 bits per heavy atom. The monoisotopic (exact) mass is 1130 g/mol. The number of rotatable bonds is 55. The largest absolute Gasteiger partial charge is 0.463 e. The second kappa shape index (κ2) is 51.1. The molecule has 2 rings (SSSR count). The maximum atomic E-state index is 13.3. The average Bonchev–Trinajstić information content (AvgIpc) is 3.97. The first-order valence-electron chi connectivity index (χ1n) is 33.0. The third-order valence-corrected chi connectivity index (χ3v) is 15.2. The smallest absolute Gasteiger partial charge is 0.306 e. The van der Waals surface area contributed by atoms with E-state index in [0.717, 1.165) is 116 Å². The van der Waals surface area contributed by atoms with Crippen LogP contribution in [0.25, 0.3) is 0 Å². The number of likely N-dealkylation sites (tertiary alicyclic amines) is 1. The molecule has 1 fully saturated rings. The van der Waals surface area contributed by atoms with Crippen LogP contribution in [0.2, 0.25) is 0 Å². The first kappa shape index (κ1) is 72.6. The minimum Gasteiger partial charge on any atom is -0.463 e. The SMILES string of the molecule is CCCCCCCCCC(C)OC(=O)CCCCCCCC(=O)OCc1cc(COC(=O)CCC(CCCCCC)OC(=O)CCCN2CCCC2)cc(COC(=O)CCC(OCCCCCCCC)OCCCCCCCC)c1. The van der Waals surface area contributed by atoms with E-state index in [9.17, 15) is 24.0 Å². The molecule has 0 N–H and O–H groups in total. The molecule has 0 bridgehead atoms. The summed E-state index contributed by atoms with van der Waals surface area (Å²) in [5.41, 5.74) is 2.05. The molecule has 462 valence electrons. The Morgan fingerprint density at radius 1 is 0.400 bits per heavy atom. The molecule has 1 aromatic carbocycles. The Hall–Kier alpha value is -3.55. The van der Waals surface area contributed by atoms with Gasteiger partial charge >= 0.3 is 29.8 Å². The van der Waals surface area contributed by atoms with E-state index in [2.05, 4.69) is 32.6 Å². The molecule has 13 nitrogen and oxygen atoms in total.